The van der Waals surface area contributed by atoms with E-state index in [2.05, 4.69) is 10.3 Å². The van der Waals surface area contributed by atoms with Crippen LogP contribution in [0.3, 0.4) is 0 Å². The number of hydrogen-bond donors (Lipinski definition) is 1. The first kappa shape index (κ1) is 12.3. The molecule has 3 nitrogen and oxygen atoms in total. The second-order valence-corrected chi connectivity index (χ2v) is 3.62. The van der Waals surface area contributed by atoms with Gasteiger partial charge in [-0.3, -0.25) is 4.98 Å². The van der Waals surface area contributed by atoms with E-state index in [0.717, 1.165) is 24.4 Å². The minimum absolute atomic E-state index is 0.0353. The van der Waals surface area contributed by atoms with E-state index in [1.165, 1.54) is 12.3 Å². The van der Waals surface area contributed by atoms with E-state index in [-0.39, 0.29) is 5.75 Å². The molecule has 2 rings (SSSR count). The van der Waals surface area contributed by atoms with Crippen molar-refractivity contribution in [2.45, 2.75) is 6.92 Å². The number of nitrogens with zero attached hydrogens (tertiary/aromatic N) is 1. The Balaban J connectivity index is 2.20. The van der Waals surface area contributed by atoms with Crippen molar-refractivity contribution >= 4 is 5.69 Å². The smallest absolute Gasteiger partial charge is 0.168 e. The van der Waals surface area contributed by atoms with Gasteiger partial charge in [-0.2, -0.15) is 0 Å². The maximum atomic E-state index is 13.4. The maximum absolute atomic E-state index is 13.4. The first-order valence-electron chi connectivity index (χ1n) is 5.51. The topological polar surface area (TPSA) is 34.2 Å². The summed E-state index contributed by atoms with van der Waals surface area (Å²) in [5, 5.41) is 3.06. The molecular formula is C13H12F2N2O. The highest BCUT2D eigenvalue weighted by molar-refractivity contribution is 5.46. The Morgan fingerprint density at radius 1 is 1.22 bits per heavy atom. The quantitative estimate of drug-likeness (QED) is 0.900. The Bertz CT molecular complexity index is 546. The Morgan fingerprint density at radius 2 is 2.06 bits per heavy atom. The molecular weight excluding hydrogens is 238 g/mol. The molecule has 0 bridgehead atoms. The van der Waals surface area contributed by atoms with Gasteiger partial charge in [0.15, 0.2) is 11.6 Å². The van der Waals surface area contributed by atoms with Crippen LogP contribution in [0.1, 0.15) is 6.92 Å². The summed E-state index contributed by atoms with van der Waals surface area (Å²) < 4.78 is 31.4. The van der Waals surface area contributed by atoms with E-state index < -0.39 is 11.6 Å². The zero-order valence-electron chi connectivity index (χ0n) is 9.78. The number of pyridine rings is 1. The van der Waals surface area contributed by atoms with Gasteiger partial charge in [0, 0.05) is 18.7 Å². The largest absolute Gasteiger partial charge is 0.453 e. The van der Waals surface area contributed by atoms with E-state index in [1.54, 1.807) is 12.3 Å². The van der Waals surface area contributed by atoms with Crippen molar-refractivity contribution in [3.8, 4) is 11.5 Å². The lowest BCUT2D eigenvalue weighted by Gasteiger charge is -2.08. The van der Waals surface area contributed by atoms with Gasteiger partial charge in [-0.1, -0.05) is 0 Å². The van der Waals surface area contributed by atoms with Gasteiger partial charge in [-0.05, 0) is 19.1 Å². The molecule has 1 heterocycles. The molecule has 18 heavy (non-hydrogen) atoms. The second-order valence-electron chi connectivity index (χ2n) is 3.62. The van der Waals surface area contributed by atoms with Gasteiger partial charge < -0.3 is 10.1 Å². The summed E-state index contributed by atoms with van der Waals surface area (Å²) >= 11 is 0. The van der Waals surface area contributed by atoms with E-state index in [9.17, 15) is 8.78 Å². The fourth-order valence-corrected chi connectivity index (χ4v) is 1.46. The van der Waals surface area contributed by atoms with Gasteiger partial charge >= 0.3 is 0 Å². The second kappa shape index (κ2) is 5.44. The Labute approximate surface area is 103 Å². The lowest BCUT2D eigenvalue weighted by Crippen LogP contribution is -1.97. The fourth-order valence-electron chi connectivity index (χ4n) is 1.46. The average molecular weight is 250 g/mol. The standard InChI is InChI=1S/C13H12F2N2O/c1-2-17-10-6-11(8-16-7-10)18-13-4-3-9(14)5-12(13)15/h3-8,17H,2H2,1H3. The summed E-state index contributed by atoms with van der Waals surface area (Å²) in [6.45, 7) is 2.70. The molecule has 1 aromatic carbocycles. The molecule has 2 aromatic rings. The van der Waals surface area contributed by atoms with Crippen molar-refractivity contribution in [2.75, 3.05) is 11.9 Å². The lowest BCUT2D eigenvalue weighted by atomic mass is 10.3. The Kier molecular flexibility index (Phi) is 3.72. The van der Waals surface area contributed by atoms with Crippen molar-refractivity contribution in [2.24, 2.45) is 0 Å². The Morgan fingerprint density at radius 3 is 2.78 bits per heavy atom. The highest BCUT2D eigenvalue weighted by atomic mass is 19.1. The van der Waals surface area contributed by atoms with Crippen molar-refractivity contribution < 1.29 is 13.5 Å². The molecule has 0 radical (unpaired) electrons. The van der Waals surface area contributed by atoms with Crippen LogP contribution < -0.4 is 10.1 Å². The zero-order valence-corrected chi connectivity index (χ0v) is 9.78. The van der Waals surface area contributed by atoms with Crippen molar-refractivity contribution in [1.29, 1.82) is 0 Å². The summed E-state index contributed by atoms with van der Waals surface area (Å²) in [5.74, 6) is -1.03. The molecule has 0 aliphatic heterocycles. The van der Waals surface area contributed by atoms with Gasteiger partial charge in [0.1, 0.15) is 11.6 Å². The third kappa shape index (κ3) is 2.94. The number of nitrogens with one attached hydrogen (secondary N) is 1. The number of rotatable bonds is 4. The fraction of sp³-hybridized carbons (Fsp3) is 0.154. The molecule has 0 saturated heterocycles. The van der Waals surface area contributed by atoms with Crippen LogP contribution in [0.15, 0.2) is 36.7 Å². The highest BCUT2D eigenvalue weighted by Gasteiger charge is 2.06. The maximum Gasteiger partial charge on any atom is 0.168 e. The minimum Gasteiger partial charge on any atom is -0.453 e. The average Bonchev–Trinajstić information content (AvgIpc) is 2.34. The van der Waals surface area contributed by atoms with Gasteiger partial charge in [0.2, 0.25) is 0 Å². The van der Waals surface area contributed by atoms with Crippen LogP contribution in [0, 0.1) is 11.6 Å². The number of anilines is 1. The van der Waals surface area contributed by atoms with E-state index in [1.807, 2.05) is 6.92 Å². The molecule has 1 aromatic heterocycles. The monoisotopic (exact) mass is 250 g/mol. The van der Waals surface area contributed by atoms with Crippen molar-refractivity contribution in [3.05, 3.63) is 48.3 Å². The molecule has 0 atom stereocenters. The summed E-state index contributed by atoms with van der Waals surface area (Å²) in [6, 6.07) is 4.85. The van der Waals surface area contributed by atoms with E-state index >= 15 is 0 Å². The molecule has 0 fully saturated rings. The first-order chi connectivity index (χ1) is 8.69. The molecule has 0 spiro atoms. The summed E-state index contributed by atoms with van der Waals surface area (Å²) in [4.78, 5) is 3.96. The normalized spacial score (nSPS) is 10.2. The number of halogens is 2. The van der Waals surface area contributed by atoms with Crippen molar-refractivity contribution in [3.63, 3.8) is 0 Å². The first-order valence-corrected chi connectivity index (χ1v) is 5.51. The third-order valence-electron chi connectivity index (χ3n) is 2.22. The highest BCUT2D eigenvalue weighted by Crippen LogP contribution is 2.25. The summed E-state index contributed by atoms with van der Waals surface area (Å²) in [7, 11) is 0. The minimum atomic E-state index is -0.746. The molecule has 0 aliphatic rings. The van der Waals surface area contributed by atoms with Crippen LogP contribution in [0.4, 0.5) is 14.5 Å². The van der Waals surface area contributed by atoms with Crippen LogP contribution in [-0.4, -0.2) is 11.5 Å². The van der Waals surface area contributed by atoms with Gasteiger partial charge in [-0.25, -0.2) is 8.78 Å². The van der Waals surface area contributed by atoms with Gasteiger partial charge in [0.05, 0.1) is 18.1 Å². The summed E-state index contributed by atoms with van der Waals surface area (Å²) in [5.41, 5.74) is 0.775. The van der Waals surface area contributed by atoms with Crippen LogP contribution in [0.25, 0.3) is 0 Å². The molecule has 5 heteroatoms. The predicted molar refractivity (Wildman–Crippen MR) is 64.8 cm³/mol. The predicted octanol–water partition coefficient (Wildman–Crippen LogP) is 3.58. The molecule has 0 saturated carbocycles. The van der Waals surface area contributed by atoms with Crippen LogP contribution in [0.5, 0.6) is 11.5 Å². The molecule has 0 aliphatic carbocycles. The molecule has 1 N–H and O–H groups in total. The number of hydrogen-bond acceptors (Lipinski definition) is 3. The third-order valence-corrected chi connectivity index (χ3v) is 2.22. The van der Waals surface area contributed by atoms with E-state index in [0.29, 0.717) is 5.75 Å². The van der Waals surface area contributed by atoms with Gasteiger partial charge in [-0.15, -0.1) is 0 Å². The zero-order chi connectivity index (χ0) is 13.0. The van der Waals surface area contributed by atoms with Crippen LogP contribution >= 0.6 is 0 Å². The van der Waals surface area contributed by atoms with Crippen molar-refractivity contribution in [1.82, 2.24) is 4.98 Å². The number of aromatic nitrogens is 1. The van der Waals surface area contributed by atoms with Crippen LogP contribution in [-0.2, 0) is 0 Å². The van der Waals surface area contributed by atoms with Crippen LogP contribution in [0.2, 0.25) is 0 Å². The Hall–Kier alpha value is -2.17. The molecule has 94 valence electrons. The molecule has 0 unspecified atom stereocenters. The molecule has 0 amide bonds. The summed E-state index contributed by atoms with van der Waals surface area (Å²) in [6.07, 6.45) is 3.10. The van der Waals surface area contributed by atoms with E-state index in [4.69, 9.17) is 4.74 Å². The lowest BCUT2D eigenvalue weighted by molar-refractivity contribution is 0.436. The van der Waals surface area contributed by atoms with Gasteiger partial charge in [0.25, 0.3) is 0 Å². The number of ether oxygens (including phenoxy) is 1. The SMILES string of the molecule is CCNc1cncc(Oc2ccc(F)cc2F)c1. The number of benzene rings is 1.